The molecule has 0 aromatic carbocycles. The molecular formula is C13H22N4. The van der Waals surface area contributed by atoms with Crippen molar-refractivity contribution in [3.8, 4) is 0 Å². The van der Waals surface area contributed by atoms with E-state index in [0.29, 0.717) is 12.0 Å². The van der Waals surface area contributed by atoms with E-state index < -0.39 is 0 Å². The molecule has 1 fully saturated rings. The molecule has 2 rings (SSSR count). The number of nitrogen functional groups attached to an aromatic ring is 1. The van der Waals surface area contributed by atoms with E-state index in [1.165, 1.54) is 0 Å². The molecule has 1 aliphatic rings. The Balaban J connectivity index is 2.08. The van der Waals surface area contributed by atoms with Crippen LogP contribution in [0, 0.1) is 12.8 Å². The zero-order valence-corrected chi connectivity index (χ0v) is 10.9. The Hall–Kier alpha value is -1.29. The summed E-state index contributed by atoms with van der Waals surface area (Å²) in [4.78, 5) is 6.71. The lowest BCUT2D eigenvalue weighted by molar-refractivity contribution is 0.206. The predicted molar refractivity (Wildman–Crippen MR) is 72.1 cm³/mol. The maximum atomic E-state index is 6.04. The van der Waals surface area contributed by atoms with Gasteiger partial charge in [-0.2, -0.15) is 0 Å². The molecule has 0 spiro atoms. The van der Waals surface area contributed by atoms with Crippen molar-refractivity contribution in [2.75, 3.05) is 31.2 Å². The lowest BCUT2D eigenvalue weighted by Crippen LogP contribution is -2.43. The Kier molecular flexibility index (Phi) is 3.52. The molecule has 0 amide bonds. The second-order valence-corrected chi connectivity index (χ2v) is 5.17. The fourth-order valence-electron chi connectivity index (χ4n) is 2.43. The van der Waals surface area contributed by atoms with Crippen LogP contribution in [0.15, 0.2) is 12.3 Å². The standard InChI is InChI=1S/C13H22N4/c1-9-4-6-15-13(12(9)14)16-11-5-7-17(3)8-10(11)2/h4,6,10-11H,5,7-8,14H2,1-3H3,(H,15,16). The second-order valence-electron chi connectivity index (χ2n) is 5.17. The molecule has 0 saturated carbocycles. The van der Waals surface area contributed by atoms with Gasteiger partial charge in [-0.3, -0.25) is 0 Å². The molecule has 1 aromatic heterocycles. The number of anilines is 2. The smallest absolute Gasteiger partial charge is 0.149 e. The number of hydrogen-bond donors (Lipinski definition) is 2. The lowest BCUT2D eigenvalue weighted by atomic mass is 9.94. The zero-order chi connectivity index (χ0) is 12.4. The third-order valence-electron chi connectivity index (χ3n) is 3.64. The number of rotatable bonds is 2. The molecule has 4 nitrogen and oxygen atoms in total. The topological polar surface area (TPSA) is 54.2 Å². The quantitative estimate of drug-likeness (QED) is 0.818. The van der Waals surface area contributed by atoms with Crippen LogP contribution in [0.5, 0.6) is 0 Å². The summed E-state index contributed by atoms with van der Waals surface area (Å²) in [5.41, 5.74) is 7.90. The van der Waals surface area contributed by atoms with Gasteiger partial charge in [0.25, 0.3) is 0 Å². The maximum Gasteiger partial charge on any atom is 0.149 e. The average Bonchev–Trinajstić information content (AvgIpc) is 2.28. The summed E-state index contributed by atoms with van der Waals surface area (Å²) in [6.07, 6.45) is 2.96. The fourth-order valence-corrected chi connectivity index (χ4v) is 2.43. The normalized spacial score (nSPS) is 25.8. The van der Waals surface area contributed by atoms with Gasteiger partial charge in [-0.15, -0.1) is 0 Å². The van der Waals surface area contributed by atoms with Crippen molar-refractivity contribution in [2.45, 2.75) is 26.3 Å². The van der Waals surface area contributed by atoms with Crippen LogP contribution in [-0.2, 0) is 0 Å². The highest BCUT2D eigenvalue weighted by atomic mass is 15.1. The minimum atomic E-state index is 0.475. The van der Waals surface area contributed by atoms with Gasteiger partial charge in [-0.1, -0.05) is 6.92 Å². The SMILES string of the molecule is Cc1ccnc(NC2CCN(C)CC2C)c1N. The van der Waals surface area contributed by atoms with Gasteiger partial charge < -0.3 is 16.0 Å². The maximum absolute atomic E-state index is 6.04. The van der Waals surface area contributed by atoms with Crippen molar-refractivity contribution < 1.29 is 0 Å². The summed E-state index contributed by atoms with van der Waals surface area (Å²) in [7, 11) is 2.17. The van der Waals surface area contributed by atoms with E-state index in [4.69, 9.17) is 5.73 Å². The number of piperidine rings is 1. The molecule has 1 saturated heterocycles. The van der Waals surface area contributed by atoms with E-state index in [9.17, 15) is 0 Å². The third-order valence-corrected chi connectivity index (χ3v) is 3.64. The largest absolute Gasteiger partial charge is 0.396 e. The highest BCUT2D eigenvalue weighted by Gasteiger charge is 2.24. The summed E-state index contributed by atoms with van der Waals surface area (Å²) >= 11 is 0. The number of nitrogens with one attached hydrogen (secondary N) is 1. The Labute approximate surface area is 103 Å². The monoisotopic (exact) mass is 234 g/mol. The number of aromatic nitrogens is 1. The molecule has 2 atom stereocenters. The first-order valence-electron chi connectivity index (χ1n) is 6.24. The first-order chi connectivity index (χ1) is 8.08. The van der Waals surface area contributed by atoms with E-state index in [-0.39, 0.29) is 0 Å². The zero-order valence-electron chi connectivity index (χ0n) is 10.9. The van der Waals surface area contributed by atoms with Crippen molar-refractivity contribution in [3.63, 3.8) is 0 Å². The number of aryl methyl sites for hydroxylation is 1. The van der Waals surface area contributed by atoms with E-state index >= 15 is 0 Å². The van der Waals surface area contributed by atoms with Crippen LogP contribution in [0.3, 0.4) is 0 Å². The summed E-state index contributed by atoms with van der Waals surface area (Å²) < 4.78 is 0. The highest BCUT2D eigenvalue weighted by molar-refractivity contribution is 5.65. The van der Waals surface area contributed by atoms with Crippen molar-refractivity contribution in [1.29, 1.82) is 0 Å². The molecule has 4 heteroatoms. The molecule has 1 aliphatic heterocycles. The van der Waals surface area contributed by atoms with Gasteiger partial charge in [0.05, 0.1) is 5.69 Å². The van der Waals surface area contributed by atoms with Crippen LogP contribution in [0.2, 0.25) is 0 Å². The van der Waals surface area contributed by atoms with Gasteiger partial charge in [-0.25, -0.2) is 4.98 Å². The highest BCUT2D eigenvalue weighted by Crippen LogP contribution is 2.24. The minimum Gasteiger partial charge on any atom is -0.396 e. The molecule has 94 valence electrons. The van der Waals surface area contributed by atoms with Crippen molar-refractivity contribution in [1.82, 2.24) is 9.88 Å². The Morgan fingerprint density at radius 3 is 3.00 bits per heavy atom. The summed E-state index contributed by atoms with van der Waals surface area (Å²) in [5, 5.41) is 3.50. The fraction of sp³-hybridized carbons (Fsp3) is 0.615. The molecule has 2 heterocycles. The van der Waals surface area contributed by atoms with Crippen LogP contribution < -0.4 is 11.1 Å². The Morgan fingerprint density at radius 1 is 1.53 bits per heavy atom. The van der Waals surface area contributed by atoms with Crippen LogP contribution in [0.1, 0.15) is 18.9 Å². The molecular weight excluding hydrogens is 212 g/mol. The summed E-state index contributed by atoms with van der Waals surface area (Å²) in [5.74, 6) is 1.46. The van der Waals surface area contributed by atoms with Crippen LogP contribution in [0.4, 0.5) is 11.5 Å². The lowest BCUT2D eigenvalue weighted by Gasteiger charge is -2.35. The van der Waals surface area contributed by atoms with Crippen molar-refractivity contribution in [2.24, 2.45) is 5.92 Å². The first-order valence-corrected chi connectivity index (χ1v) is 6.24. The van der Waals surface area contributed by atoms with Gasteiger partial charge in [-0.05, 0) is 44.5 Å². The van der Waals surface area contributed by atoms with E-state index in [1.807, 2.05) is 19.2 Å². The number of nitrogens with zero attached hydrogens (tertiary/aromatic N) is 2. The van der Waals surface area contributed by atoms with E-state index in [0.717, 1.165) is 36.6 Å². The van der Waals surface area contributed by atoms with Crippen LogP contribution >= 0.6 is 0 Å². The molecule has 0 aliphatic carbocycles. The Morgan fingerprint density at radius 2 is 2.29 bits per heavy atom. The average molecular weight is 234 g/mol. The molecule has 3 N–H and O–H groups in total. The third kappa shape index (κ3) is 2.69. The Bertz CT molecular complexity index is 391. The van der Waals surface area contributed by atoms with E-state index in [1.54, 1.807) is 0 Å². The second kappa shape index (κ2) is 4.92. The molecule has 1 aromatic rings. The first kappa shape index (κ1) is 12.2. The van der Waals surface area contributed by atoms with Crippen LogP contribution in [-0.4, -0.2) is 36.1 Å². The number of likely N-dealkylation sites (tertiary alicyclic amines) is 1. The number of hydrogen-bond acceptors (Lipinski definition) is 4. The van der Waals surface area contributed by atoms with Crippen LogP contribution in [0.25, 0.3) is 0 Å². The van der Waals surface area contributed by atoms with E-state index in [2.05, 4.69) is 29.2 Å². The van der Waals surface area contributed by atoms with Crippen molar-refractivity contribution >= 4 is 11.5 Å². The summed E-state index contributed by atoms with van der Waals surface area (Å²) in [6, 6.07) is 2.42. The predicted octanol–water partition coefficient (Wildman–Crippen LogP) is 1.72. The summed E-state index contributed by atoms with van der Waals surface area (Å²) in [6.45, 7) is 6.55. The van der Waals surface area contributed by atoms with Gasteiger partial charge in [0.2, 0.25) is 0 Å². The van der Waals surface area contributed by atoms with Gasteiger partial charge in [0.15, 0.2) is 0 Å². The molecule has 2 unspecified atom stereocenters. The number of pyridine rings is 1. The minimum absolute atomic E-state index is 0.475. The molecule has 0 radical (unpaired) electrons. The molecule has 17 heavy (non-hydrogen) atoms. The number of nitrogens with two attached hydrogens (primary N) is 1. The molecule has 0 bridgehead atoms. The van der Waals surface area contributed by atoms with Gasteiger partial charge in [0, 0.05) is 18.8 Å². The van der Waals surface area contributed by atoms with Gasteiger partial charge in [0.1, 0.15) is 5.82 Å². The van der Waals surface area contributed by atoms with Gasteiger partial charge >= 0.3 is 0 Å². The van der Waals surface area contributed by atoms with Crippen molar-refractivity contribution in [3.05, 3.63) is 17.8 Å².